The van der Waals surface area contributed by atoms with Crippen molar-refractivity contribution in [3.63, 3.8) is 0 Å². The standard InChI is InChI=1S/C11H19N3O/c1-3-9-4-5-10(6-9)12-7-11-13-8(2)15-14-11/h9-10,12H,3-7H2,1-2H3. The van der Waals surface area contributed by atoms with Crippen LogP contribution in [0.25, 0.3) is 0 Å². The van der Waals surface area contributed by atoms with Gasteiger partial charge in [-0.25, -0.2) is 0 Å². The lowest BCUT2D eigenvalue weighted by Crippen LogP contribution is -2.26. The fourth-order valence-corrected chi connectivity index (χ4v) is 2.28. The molecule has 1 aliphatic carbocycles. The molecule has 2 unspecified atom stereocenters. The molecule has 0 amide bonds. The van der Waals surface area contributed by atoms with E-state index in [0.717, 1.165) is 18.3 Å². The first-order valence-corrected chi connectivity index (χ1v) is 5.80. The van der Waals surface area contributed by atoms with Gasteiger partial charge in [-0.05, 0) is 25.2 Å². The molecule has 1 saturated carbocycles. The van der Waals surface area contributed by atoms with Gasteiger partial charge >= 0.3 is 0 Å². The summed E-state index contributed by atoms with van der Waals surface area (Å²) in [5, 5.41) is 7.36. The fraction of sp³-hybridized carbons (Fsp3) is 0.818. The number of nitrogens with zero attached hydrogens (tertiary/aromatic N) is 2. The predicted molar refractivity (Wildman–Crippen MR) is 57.3 cm³/mol. The normalized spacial score (nSPS) is 26.0. The molecule has 1 aliphatic rings. The highest BCUT2D eigenvalue weighted by Crippen LogP contribution is 2.27. The van der Waals surface area contributed by atoms with Crippen LogP contribution in [-0.4, -0.2) is 16.2 Å². The lowest BCUT2D eigenvalue weighted by Gasteiger charge is -2.10. The van der Waals surface area contributed by atoms with E-state index < -0.39 is 0 Å². The Morgan fingerprint density at radius 2 is 2.33 bits per heavy atom. The average Bonchev–Trinajstić information content (AvgIpc) is 2.83. The van der Waals surface area contributed by atoms with E-state index in [0.29, 0.717) is 11.9 Å². The number of aryl methyl sites for hydroxylation is 1. The van der Waals surface area contributed by atoms with Crippen molar-refractivity contribution in [2.45, 2.75) is 52.1 Å². The highest BCUT2D eigenvalue weighted by atomic mass is 16.5. The topological polar surface area (TPSA) is 51.0 Å². The van der Waals surface area contributed by atoms with E-state index in [1.165, 1.54) is 25.7 Å². The summed E-state index contributed by atoms with van der Waals surface area (Å²) >= 11 is 0. The Morgan fingerprint density at radius 3 is 2.93 bits per heavy atom. The van der Waals surface area contributed by atoms with E-state index in [-0.39, 0.29) is 0 Å². The summed E-state index contributed by atoms with van der Waals surface area (Å²) < 4.78 is 4.92. The quantitative estimate of drug-likeness (QED) is 0.824. The third-order valence-electron chi connectivity index (χ3n) is 3.24. The molecule has 0 aromatic carbocycles. The van der Waals surface area contributed by atoms with E-state index >= 15 is 0 Å². The molecule has 1 aromatic heterocycles. The summed E-state index contributed by atoms with van der Waals surface area (Å²) in [7, 11) is 0. The third-order valence-corrected chi connectivity index (χ3v) is 3.24. The maximum atomic E-state index is 4.92. The van der Waals surface area contributed by atoms with Gasteiger partial charge in [0.2, 0.25) is 5.89 Å². The van der Waals surface area contributed by atoms with Gasteiger partial charge in [-0.3, -0.25) is 0 Å². The van der Waals surface area contributed by atoms with Crippen LogP contribution in [0.1, 0.15) is 44.3 Å². The van der Waals surface area contributed by atoms with Crippen LogP contribution >= 0.6 is 0 Å². The van der Waals surface area contributed by atoms with E-state index in [1.807, 2.05) is 6.92 Å². The second-order valence-electron chi connectivity index (χ2n) is 4.39. The highest BCUT2D eigenvalue weighted by Gasteiger charge is 2.22. The van der Waals surface area contributed by atoms with Gasteiger partial charge in [-0.2, -0.15) is 4.98 Å². The maximum Gasteiger partial charge on any atom is 0.223 e. The Morgan fingerprint density at radius 1 is 1.47 bits per heavy atom. The van der Waals surface area contributed by atoms with Gasteiger partial charge in [0.05, 0.1) is 6.54 Å². The number of nitrogens with one attached hydrogen (secondary N) is 1. The first-order chi connectivity index (χ1) is 7.28. The van der Waals surface area contributed by atoms with Crippen LogP contribution in [-0.2, 0) is 6.54 Å². The Balaban J connectivity index is 1.75. The monoisotopic (exact) mass is 209 g/mol. The van der Waals surface area contributed by atoms with Crippen LogP contribution in [0, 0.1) is 12.8 Å². The summed E-state index contributed by atoms with van der Waals surface area (Å²) in [5.74, 6) is 2.33. The van der Waals surface area contributed by atoms with Gasteiger partial charge in [0.1, 0.15) is 0 Å². The van der Waals surface area contributed by atoms with Gasteiger partial charge in [-0.1, -0.05) is 18.5 Å². The number of hydrogen-bond donors (Lipinski definition) is 1. The molecule has 0 bridgehead atoms. The van der Waals surface area contributed by atoms with Crippen LogP contribution < -0.4 is 5.32 Å². The van der Waals surface area contributed by atoms with Gasteiger partial charge in [0.25, 0.3) is 0 Å². The smallest absolute Gasteiger partial charge is 0.223 e. The van der Waals surface area contributed by atoms with Crippen molar-refractivity contribution < 1.29 is 4.52 Å². The maximum absolute atomic E-state index is 4.92. The molecular weight excluding hydrogens is 190 g/mol. The minimum atomic E-state index is 0.643. The predicted octanol–water partition coefficient (Wildman–Crippen LogP) is 2.05. The molecule has 2 rings (SSSR count). The molecule has 1 fully saturated rings. The van der Waals surface area contributed by atoms with Gasteiger partial charge < -0.3 is 9.84 Å². The molecule has 1 heterocycles. The molecular formula is C11H19N3O. The van der Waals surface area contributed by atoms with Crippen LogP contribution in [0.5, 0.6) is 0 Å². The minimum Gasteiger partial charge on any atom is -0.340 e. The third kappa shape index (κ3) is 2.78. The molecule has 0 radical (unpaired) electrons. The SMILES string of the molecule is CCC1CCC(NCc2noc(C)n2)C1. The molecule has 4 heteroatoms. The Hall–Kier alpha value is -0.900. The first kappa shape index (κ1) is 10.6. The summed E-state index contributed by atoms with van der Waals surface area (Å²) in [6, 6.07) is 0.647. The van der Waals surface area contributed by atoms with Gasteiger partial charge in [-0.15, -0.1) is 0 Å². The zero-order valence-corrected chi connectivity index (χ0v) is 9.49. The average molecular weight is 209 g/mol. The van der Waals surface area contributed by atoms with Crippen molar-refractivity contribution in [3.8, 4) is 0 Å². The Kier molecular flexibility index (Phi) is 3.36. The summed E-state index contributed by atoms with van der Waals surface area (Å²) in [5.41, 5.74) is 0. The van der Waals surface area contributed by atoms with Crippen molar-refractivity contribution in [3.05, 3.63) is 11.7 Å². The summed E-state index contributed by atoms with van der Waals surface area (Å²) in [4.78, 5) is 4.17. The molecule has 0 aliphatic heterocycles. The zero-order valence-electron chi connectivity index (χ0n) is 9.49. The van der Waals surface area contributed by atoms with E-state index in [2.05, 4.69) is 22.4 Å². The van der Waals surface area contributed by atoms with Crippen LogP contribution in [0.2, 0.25) is 0 Å². The van der Waals surface area contributed by atoms with E-state index in [1.54, 1.807) is 0 Å². The molecule has 1 N–H and O–H groups in total. The molecule has 2 atom stereocenters. The van der Waals surface area contributed by atoms with Crippen molar-refractivity contribution in [2.24, 2.45) is 5.92 Å². The lowest BCUT2D eigenvalue weighted by molar-refractivity contribution is 0.382. The van der Waals surface area contributed by atoms with E-state index in [9.17, 15) is 0 Å². The van der Waals surface area contributed by atoms with Crippen LogP contribution in [0.15, 0.2) is 4.52 Å². The van der Waals surface area contributed by atoms with Crippen molar-refractivity contribution in [1.29, 1.82) is 0 Å². The van der Waals surface area contributed by atoms with E-state index in [4.69, 9.17) is 4.52 Å². The molecule has 15 heavy (non-hydrogen) atoms. The molecule has 0 saturated heterocycles. The molecule has 84 valence electrons. The second kappa shape index (κ2) is 4.75. The van der Waals surface area contributed by atoms with Gasteiger partial charge in [0.15, 0.2) is 5.82 Å². The van der Waals surface area contributed by atoms with Gasteiger partial charge in [0, 0.05) is 13.0 Å². The molecule has 4 nitrogen and oxygen atoms in total. The number of rotatable bonds is 4. The molecule has 1 aromatic rings. The largest absolute Gasteiger partial charge is 0.340 e. The molecule has 0 spiro atoms. The zero-order chi connectivity index (χ0) is 10.7. The summed E-state index contributed by atoms with van der Waals surface area (Å²) in [6.07, 6.45) is 5.25. The van der Waals surface area contributed by atoms with Crippen molar-refractivity contribution in [2.75, 3.05) is 0 Å². The fourth-order valence-electron chi connectivity index (χ4n) is 2.28. The van der Waals surface area contributed by atoms with Crippen molar-refractivity contribution >= 4 is 0 Å². The summed E-state index contributed by atoms with van der Waals surface area (Å²) in [6.45, 7) is 4.83. The highest BCUT2D eigenvalue weighted by molar-refractivity contribution is 4.86. The lowest BCUT2D eigenvalue weighted by atomic mass is 10.1. The number of aromatic nitrogens is 2. The van der Waals surface area contributed by atoms with Crippen molar-refractivity contribution in [1.82, 2.24) is 15.5 Å². The second-order valence-corrected chi connectivity index (χ2v) is 4.39. The number of hydrogen-bond acceptors (Lipinski definition) is 4. The Labute approximate surface area is 90.4 Å². The minimum absolute atomic E-state index is 0.643. The van der Waals surface area contributed by atoms with Crippen LogP contribution in [0.4, 0.5) is 0 Å². The Bertz CT molecular complexity index is 311. The van der Waals surface area contributed by atoms with Crippen LogP contribution in [0.3, 0.4) is 0 Å². The first-order valence-electron chi connectivity index (χ1n) is 5.80.